The molecule has 7 heteroatoms. The first-order valence-electron chi connectivity index (χ1n) is 8.03. The Balaban J connectivity index is 1.46. The summed E-state index contributed by atoms with van der Waals surface area (Å²) in [6.45, 7) is 3.57. The van der Waals surface area contributed by atoms with Gasteiger partial charge in [0, 0.05) is 23.4 Å². The highest BCUT2D eigenvalue weighted by molar-refractivity contribution is 5.88. The summed E-state index contributed by atoms with van der Waals surface area (Å²) in [6, 6.07) is 9.73. The first kappa shape index (κ1) is 15.6. The van der Waals surface area contributed by atoms with Crippen LogP contribution in [0.3, 0.4) is 0 Å². The SMILES string of the molecule is CC1(COC(=O)Nc2nc3ccc(-c4cccnc4)cc3[nH]2)COC1. The molecule has 7 nitrogen and oxygen atoms in total. The molecule has 1 aromatic carbocycles. The van der Waals surface area contributed by atoms with Crippen LogP contribution in [-0.4, -0.2) is 40.9 Å². The normalized spacial score (nSPS) is 15.6. The summed E-state index contributed by atoms with van der Waals surface area (Å²) in [6.07, 6.45) is 3.01. The summed E-state index contributed by atoms with van der Waals surface area (Å²) in [7, 11) is 0. The zero-order valence-corrected chi connectivity index (χ0v) is 13.8. The predicted molar refractivity (Wildman–Crippen MR) is 93.2 cm³/mol. The van der Waals surface area contributed by atoms with E-state index in [4.69, 9.17) is 9.47 Å². The van der Waals surface area contributed by atoms with E-state index in [1.54, 1.807) is 12.4 Å². The second-order valence-corrected chi connectivity index (χ2v) is 6.56. The molecule has 1 aliphatic heterocycles. The lowest BCUT2D eigenvalue weighted by Gasteiger charge is -2.36. The number of fused-ring (bicyclic) bond motifs is 1. The van der Waals surface area contributed by atoms with Crippen molar-refractivity contribution < 1.29 is 14.3 Å². The quantitative estimate of drug-likeness (QED) is 0.762. The molecule has 4 rings (SSSR count). The van der Waals surface area contributed by atoms with Crippen molar-refractivity contribution in [3.05, 3.63) is 42.7 Å². The van der Waals surface area contributed by atoms with Crippen molar-refractivity contribution in [2.24, 2.45) is 5.41 Å². The van der Waals surface area contributed by atoms with Crippen LogP contribution >= 0.6 is 0 Å². The maximum absolute atomic E-state index is 11.9. The van der Waals surface area contributed by atoms with Crippen molar-refractivity contribution in [2.45, 2.75) is 6.92 Å². The van der Waals surface area contributed by atoms with Crippen LogP contribution in [-0.2, 0) is 9.47 Å². The van der Waals surface area contributed by atoms with E-state index >= 15 is 0 Å². The maximum atomic E-state index is 11.9. The Bertz CT molecular complexity index is 903. The van der Waals surface area contributed by atoms with E-state index in [-0.39, 0.29) is 5.41 Å². The van der Waals surface area contributed by atoms with E-state index in [1.165, 1.54) is 0 Å². The van der Waals surface area contributed by atoms with Crippen molar-refractivity contribution in [2.75, 3.05) is 25.1 Å². The van der Waals surface area contributed by atoms with Gasteiger partial charge in [-0.2, -0.15) is 0 Å². The van der Waals surface area contributed by atoms with Gasteiger partial charge in [-0.25, -0.2) is 9.78 Å². The number of benzene rings is 1. The number of nitrogens with one attached hydrogen (secondary N) is 2. The zero-order valence-electron chi connectivity index (χ0n) is 13.8. The summed E-state index contributed by atoms with van der Waals surface area (Å²) in [4.78, 5) is 23.5. The maximum Gasteiger partial charge on any atom is 0.413 e. The molecule has 2 N–H and O–H groups in total. The number of aromatic nitrogens is 3. The molecule has 3 aromatic rings. The highest BCUT2D eigenvalue weighted by Gasteiger charge is 2.34. The van der Waals surface area contributed by atoms with Gasteiger partial charge in [-0.3, -0.25) is 10.3 Å². The van der Waals surface area contributed by atoms with Crippen molar-refractivity contribution in [1.29, 1.82) is 0 Å². The largest absolute Gasteiger partial charge is 0.448 e. The third kappa shape index (κ3) is 3.32. The van der Waals surface area contributed by atoms with Crippen LogP contribution in [0.5, 0.6) is 0 Å². The molecule has 0 spiro atoms. The van der Waals surface area contributed by atoms with E-state index in [2.05, 4.69) is 20.3 Å². The second-order valence-electron chi connectivity index (χ2n) is 6.56. The first-order chi connectivity index (χ1) is 12.1. The summed E-state index contributed by atoms with van der Waals surface area (Å²) in [5.41, 5.74) is 3.56. The Labute approximate surface area is 144 Å². The van der Waals surface area contributed by atoms with Crippen molar-refractivity contribution in [3.63, 3.8) is 0 Å². The highest BCUT2D eigenvalue weighted by atomic mass is 16.6. The standard InChI is InChI=1S/C18H18N4O3/c1-18(9-24-10-18)11-25-17(23)22-16-20-14-5-4-12(7-15(14)21-16)13-3-2-6-19-8-13/h2-8H,9-11H2,1H3,(H2,20,21,22,23). The number of pyridine rings is 1. The minimum Gasteiger partial charge on any atom is -0.448 e. The minimum atomic E-state index is -0.528. The molecular formula is C18H18N4O3. The van der Waals surface area contributed by atoms with E-state index in [9.17, 15) is 4.79 Å². The van der Waals surface area contributed by atoms with Crippen molar-refractivity contribution in [1.82, 2.24) is 15.0 Å². The molecule has 0 saturated carbocycles. The number of H-pyrrole nitrogens is 1. The molecule has 1 aliphatic rings. The van der Waals surface area contributed by atoms with Gasteiger partial charge in [-0.1, -0.05) is 19.1 Å². The second kappa shape index (κ2) is 6.18. The van der Waals surface area contributed by atoms with Crippen molar-refractivity contribution in [3.8, 4) is 11.1 Å². The van der Waals surface area contributed by atoms with Gasteiger partial charge < -0.3 is 14.5 Å². The molecule has 0 aliphatic carbocycles. The average Bonchev–Trinajstić information content (AvgIpc) is 3.00. The van der Waals surface area contributed by atoms with Gasteiger partial charge in [-0.15, -0.1) is 0 Å². The average molecular weight is 338 g/mol. The monoisotopic (exact) mass is 338 g/mol. The van der Waals surface area contributed by atoms with Crippen LogP contribution in [0.1, 0.15) is 6.92 Å². The Kier molecular flexibility index (Phi) is 3.85. The number of hydrogen-bond acceptors (Lipinski definition) is 5. The third-order valence-corrected chi connectivity index (χ3v) is 4.15. The van der Waals surface area contributed by atoms with E-state index < -0.39 is 6.09 Å². The predicted octanol–water partition coefficient (Wildman–Crippen LogP) is 3.21. The Morgan fingerprint density at radius 3 is 2.96 bits per heavy atom. The topological polar surface area (TPSA) is 89.1 Å². The van der Waals surface area contributed by atoms with Crippen LogP contribution in [0.2, 0.25) is 0 Å². The number of anilines is 1. The Morgan fingerprint density at radius 2 is 2.24 bits per heavy atom. The van der Waals surface area contributed by atoms with Gasteiger partial charge in [0.05, 0.1) is 24.2 Å². The van der Waals surface area contributed by atoms with Crippen LogP contribution in [0.15, 0.2) is 42.7 Å². The fourth-order valence-corrected chi connectivity index (χ4v) is 2.69. The van der Waals surface area contributed by atoms with Crippen LogP contribution in [0, 0.1) is 5.41 Å². The molecular weight excluding hydrogens is 320 g/mol. The summed E-state index contributed by atoms with van der Waals surface area (Å²) < 4.78 is 10.4. The molecule has 2 aromatic heterocycles. The number of aromatic amines is 1. The number of ether oxygens (including phenoxy) is 2. The van der Waals surface area contributed by atoms with Gasteiger partial charge >= 0.3 is 6.09 Å². The number of amides is 1. The van der Waals surface area contributed by atoms with Gasteiger partial charge in [0.1, 0.15) is 6.61 Å². The number of carbonyl (C=O) groups excluding carboxylic acids is 1. The number of rotatable bonds is 4. The Hall–Kier alpha value is -2.93. The van der Waals surface area contributed by atoms with Crippen LogP contribution in [0.25, 0.3) is 22.2 Å². The summed E-state index contributed by atoms with van der Waals surface area (Å²) >= 11 is 0. The van der Waals surface area contributed by atoms with Crippen LogP contribution < -0.4 is 5.32 Å². The molecule has 1 fully saturated rings. The fraction of sp³-hybridized carbons (Fsp3) is 0.278. The lowest BCUT2D eigenvalue weighted by atomic mass is 9.90. The first-order valence-corrected chi connectivity index (χ1v) is 8.03. The van der Waals surface area contributed by atoms with E-state index in [1.807, 2.05) is 37.3 Å². The molecule has 1 saturated heterocycles. The number of imidazole rings is 1. The smallest absolute Gasteiger partial charge is 0.413 e. The number of hydrogen-bond donors (Lipinski definition) is 2. The zero-order chi connectivity index (χ0) is 17.3. The molecule has 25 heavy (non-hydrogen) atoms. The highest BCUT2D eigenvalue weighted by Crippen LogP contribution is 2.27. The molecule has 1 amide bonds. The molecule has 3 heterocycles. The molecule has 0 unspecified atom stereocenters. The van der Waals surface area contributed by atoms with Crippen LogP contribution in [0.4, 0.5) is 10.7 Å². The lowest BCUT2D eigenvalue weighted by Crippen LogP contribution is -2.44. The van der Waals surface area contributed by atoms with Crippen molar-refractivity contribution >= 4 is 23.1 Å². The fourth-order valence-electron chi connectivity index (χ4n) is 2.69. The van der Waals surface area contributed by atoms with Gasteiger partial charge in [0.25, 0.3) is 0 Å². The third-order valence-electron chi connectivity index (χ3n) is 4.15. The summed E-state index contributed by atoms with van der Waals surface area (Å²) in [5, 5.41) is 2.63. The van der Waals surface area contributed by atoms with Gasteiger partial charge in [0.15, 0.2) is 0 Å². The van der Waals surface area contributed by atoms with E-state index in [0.717, 1.165) is 22.2 Å². The minimum absolute atomic E-state index is 0.0795. The lowest BCUT2D eigenvalue weighted by molar-refractivity contribution is -0.125. The Morgan fingerprint density at radius 1 is 1.36 bits per heavy atom. The molecule has 0 bridgehead atoms. The van der Waals surface area contributed by atoms with E-state index in [0.29, 0.717) is 25.8 Å². The van der Waals surface area contributed by atoms with Gasteiger partial charge in [-0.05, 0) is 23.8 Å². The molecule has 0 atom stereocenters. The molecule has 0 radical (unpaired) electrons. The number of carbonyl (C=O) groups is 1. The number of nitrogens with zero attached hydrogens (tertiary/aromatic N) is 2. The summed E-state index contributed by atoms with van der Waals surface area (Å²) in [5.74, 6) is 0.360. The van der Waals surface area contributed by atoms with Gasteiger partial charge in [0.2, 0.25) is 5.95 Å². The molecule has 128 valence electrons.